The zero-order chi connectivity index (χ0) is 17.5. The lowest BCUT2D eigenvalue weighted by atomic mass is 10.1. The lowest BCUT2D eigenvalue weighted by Crippen LogP contribution is -2.38. The number of fused-ring (bicyclic) bond motifs is 1. The molecule has 1 heterocycles. The molecule has 0 saturated heterocycles. The predicted octanol–water partition coefficient (Wildman–Crippen LogP) is 1.44. The van der Waals surface area contributed by atoms with Crippen LogP contribution in [-0.4, -0.2) is 50.7 Å². The summed E-state index contributed by atoms with van der Waals surface area (Å²) in [6, 6.07) is 8.44. The van der Waals surface area contributed by atoms with Gasteiger partial charge in [-0.1, -0.05) is 18.2 Å². The number of rotatable bonds is 7. The minimum atomic E-state index is -0.709. The highest BCUT2D eigenvalue weighted by Gasteiger charge is 2.21. The molecule has 24 heavy (non-hydrogen) atoms. The Morgan fingerprint density at radius 3 is 2.62 bits per heavy atom. The number of hydrogen-bond donors (Lipinski definition) is 0. The minimum absolute atomic E-state index is 0.0326. The number of carbonyl (C=O) groups is 2. The van der Waals surface area contributed by atoms with Gasteiger partial charge in [-0.2, -0.15) is 0 Å². The van der Waals surface area contributed by atoms with Crippen LogP contribution in [0.3, 0.4) is 0 Å². The van der Waals surface area contributed by atoms with Crippen LogP contribution in [0.4, 0.5) is 0 Å². The molecule has 0 fully saturated rings. The van der Waals surface area contributed by atoms with Gasteiger partial charge in [0, 0.05) is 25.6 Å². The molecule has 1 amide bonds. The van der Waals surface area contributed by atoms with E-state index in [9.17, 15) is 14.4 Å². The average Bonchev–Trinajstić information content (AvgIpc) is 2.60. The molecule has 0 atom stereocenters. The molecular weight excluding hydrogens is 314 g/mol. The molecule has 0 aliphatic heterocycles. The maximum Gasteiger partial charge on any atom is 0.349 e. The zero-order valence-electron chi connectivity index (χ0n) is 13.6. The van der Waals surface area contributed by atoms with E-state index in [1.807, 2.05) is 0 Å². The molecule has 0 N–H and O–H groups in total. The molecule has 0 radical (unpaired) electrons. The van der Waals surface area contributed by atoms with Crippen molar-refractivity contribution in [2.45, 2.75) is 6.42 Å². The Bertz CT molecular complexity index is 782. The third-order valence-corrected chi connectivity index (χ3v) is 3.54. The third-order valence-electron chi connectivity index (χ3n) is 3.54. The smallest absolute Gasteiger partial charge is 0.349 e. The van der Waals surface area contributed by atoms with Crippen LogP contribution in [0.5, 0.6) is 0 Å². The van der Waals surface area contributed by atoms with Gasteiger partial charge in [-0.25, -0.2) is 4.79 Å². The van der Waals surface area contributed by atoms with Crippen molar-refractivity contribution in [1.29, 1.82) is 0 Å². The van der Waals surface area contributed by atoms with Crippen LogP contribution in [-0.2, 0) is 14.3 Å². The van der Waals surface area contributed by atoms with E-state index in [4.69, 9.17) is 9.15 Å². The van der Waals surface area contributed by atoms with Crippen LogP contribution in [0, 0.1) is 0 Å². The first-order chi connectivity index (χ1) is 11.6. The monoisotopic (exact) mass is 333 g/mol. The summed E-state index contributed by atoms with van der Waals surface area (Å²) in [5.41, 5.74) is -0.370. The molecule has 7 nitrogen and oxygen atoms in total. The first-order valence-corrected chi connectivity index (χ1v) is 7.44. The number of ether oxygens (including phenoxy) is 2. The molecule has 0 bridgehead atoms. The molecule has 1 aromatic carbocycles. The molecule has 0 saturated carbocycles. The summed E-state index contributed by atoms with van der Waals surface area (Å²) in [4.78, 5) is 37.5. The van der Waals surface area contributed by atoms with Gasteiger partial charge in [0.2, 0.25) is 0 Å². The van der Waals surface area contributed by atoms with Crippen molar-refractivity contribution in [2.24, 2.45) is 0 Å². The van der Waals surface area contributed by atoms with Crippen molar-refractivity contribution in [3.63, 3.8) is 0 Å². The fourth-order valence-electron chi connectivity index (χ4n) is 2.23. The van der Waals surface area contributed by atoms with Crippen LogP contribution in [0.1, 0.15) is 16.8 Å². The highest BCUT2D eigenvalue weighted by molar-refractivity contribution is 5.96. The second-order valence-corrected chi connectivity index (χ2v) is 5.10. The summed E-state index contributed by atoms with van der Waals surface area (Å²) in [5, 5.41) is 0.653. The summed E-state index contributed by atoms with van der Waals surface area (Å²) >= 11 is 0. The maximum absolute atomic E-state index is 12.7. The summed E-state index contributed by atoms with van der Waals surface area (Å²) in [6.07, 6.45) is 0.0326. The molecule has 0 spiro atoms. The van der Waals surface area contributed by atoms with Gasteiger partial charge in [-0.15, -0.1) is 0 Å². The van der Waals surface area contributed by atoms with Crippen LogP contribution in [0.25, 0.3) is 11.0 Å². The van der Waals surface area contributed by atoms with Crippen molar-refractivity contribution >= 4 is 22.8 Å². The molecule has 2 rings (SSSR count). The van der Waals surface area contributed by atoms with Crippen molar-refractivity contribution in [3.8, 4) is 0 Å². The van der Waals surface area contributed by atoms with E-state index in [1.54, 1.807) is 24.3 Å². The zero-order valence-corrected chi connectivity index (χ0v) is 13.6. The largest absolute Gasteiger partial charge is 0.469 e. The summed E-state index contributed by atoms with van der Waals surface area (Å²) in [5.74, 6) is -0.939. The Morgan fingerprint density at radius 1 is 1.17 bits per heavy atom. The van der Waals surface area contributed by atoms with E-state index in [0.29, 0.717) is 11.0 Å². The second kappa shape index (κ2) is 8.26. The number of amides is 1. The second-order valence-electron chi connectivity index (χ2n) is 5.10. The Kier molecular flexibility index (Phi) is 6.08. The van der Waals surface area contributed by atoms with Crippen molar-refractivity contribution in [1.82, 2.24) is 4.90 Å². The van der Waals surface area contributed by atoms with Gasteiger partial charge < -0.3 is 18.8 Å². The Hall–Kier alpha value is -2.67. The molecule has 1 aromatic heterocycles. The van der Waals surface area contributed by atoms with Crippen molar-refractivity contribution in [2.75, 3.05) is 33.9 Å². The third kappa shape index (κ3) is 4.20. The fourth-order valence-corrected chi connectivity index (χ4v) is 2.23. The Balaban J connectivity index is 2.28. The molecule has 0 aliphatic carbocycles. The number of nitrogens with zero attached hydrogens (tertiary/aromatic N) is 1. The van der Waals surface area contributed by atoms with Gasteiger partial charge in [0.05, 0.1) is 20.1 Å². The molecular formula is C17H19NO6. The Morgan fingerprint density at radius 2 is 1.92 bits per heavy atom. The number of benzene rings is 1. The molecule has 128 valence electrons. The lowest BCUT2D eigenvalue weighted by Gasteiger charge is -2.21. The van der Waals surface area contributed by atoms with E-state index in [-0.39, 0.29) is 31.7 Å². The molecule has 7 heteroatoms. The highest BCUT2D eigenvalue weighted by atomic mass is 16.5. The summed E-state index contributed by atoms with van der Waals surface area (Å²) < 4.78 is 14.8. The topological polar surface area (TPSA) is 86.0 Å². The van der Waals surface area contributed by atoms with E-state index >= 15 is 0 Å². The molecule has 0 aliphatic rings. The fraction of sp³-hybridized carbons (Fsp3) is 0.353. The van der Waals surface area contributed by atoms with Gasteiger partial charge in [-0.3, -0.25) is 9.59 Å². The first-order valence-electron chi connectivity index (χ1n) is 7.44. The maximum atomic E-state index is 12.7. The molecule has 2 aromatic rings. The van der Waals surface area contributed by atoms with E-state index in [0.717, 1.165) is 0 Å². The van der Waals surface area contributed by atoms with Crippen molar-refractivity contribution in [3.05, 3.63) is 46.3 Å². The molecule has 0 unspecified atom stereocenters. The normalized spacial score (nSPS) is 10.6. The first kappa shape index (κ1) is 17.7. The number of methoxy groups -OCH3 is 2. The quantitative estimate of drug-likeness (QED) is 0.563. The van der Waals surface area contributed by atoms with Crippen LogP contribution in [0.2, 0.25) is 0 Å². The number of para-hydroxylation sites is 1. The summed E-state index contributed by atoms with van der Waals surface area (Å²) in [6.45, 7) is 0.658. The van der Waals surface area contributed by atoms with Crippen molar-refractivity contribution < 1.29 is 23.5 Å². The number of esters is 1. The number of carbonyl (C=O) groups excluding carboxylic acids is 2. The van der Waals surface area contributed by atoms with E-state index in [1.165, 1.54) is 25.2 Å². The van der Waals surface area contributed by atoms with Crippen LogP contribution < -0.4 is 5.63 Å². The standard InChI is InChI=1S/C17H19NO6/c1-22-10-9-18(8-7-15(19)23-2)16(20)13-11-12-5-3-4-6-14(12)24-17(13)21/h3-6,11H,7-10H2,1-2H3. The van der Waals surface area contributed by atoms with Gasteiger partial charge in [-0.05, 0) is 12.1 Å². The van der Waals surface area contributed by atoms with E-state index < -0.39 is 17.5 Å². The lowest BCUT2D eigenvalue weighted by molar-refractivity contribution is -0.140. The Labute approximate surface area is 138 Å². The van der Waals surface area contributed by atoms with Gasteiger partial charge >= 0.3 is 11.6 Å². The van der Waals surface area contributed by atoms with Gasteiger partial charge in [0.15, 0.2) is 0 Å². The minimum Gasteiger partial charge on any atom is -0.469 e. The SMILES string of the molecule is COCCN(CCC(=O)OC)C(=O)c1cc2ccccc2oc1=O. The van der Waals surface area contributed by atoms with Gasteiger partial charge in [0.1, 0.15) is 11.1 Å². The highest BCUT2D eigenvalue weighted by Crippen LogP contribution is 2.14. The van der Waals surface area contributed by atoms with Crippen LogP contribution >= 0.6 is 0 Å². The van der Waals surface area contributed by atoms with E-state index in [2.05, 4.69) is 4.74 Å². The predicted molar refractivity (Wildman–Crippen MR) is 86.9 cm³/mol. The average molecular weight is 333 g/mol. The van der Waals surface area contributed by atoms with Crippen LogP contribution in [0.15, 0.2) is 39.5 Å². The van der Waals surface area contributed by atoms with Gasteiger partial charge in [0.25, 0.3) is 5.91 Å². The summed E-state index contributed by atoms with van der Waals surface area (Å²) in [7, 11) is 2.79. The number of hydrogen-bond acceptors (Lipinski definition) is 6.